The van der Waals surface area contributed by atoms with Gasteiger partial charge in [-0.15, -0.1) is 23.2 Å². The average Bonchev–Trinajstić information content (AvgIpc) is 2.30. The van der Waals surface area contributed by atoms with Crippen molar-refractivity contribution in [2.45, 2.75) is 111 Å². The molecular formula is C20H40Cl2N2. The van der Waals surface area contributed by atoms with Crippen LogP contribution in [0.15, 0.2) is 0 Å². The average molecular weight is 379 g/mol. The van der Waals surface area contributed by atoms with Crippen molar-refractivity contribution >= 4 is 23.2 Å². The predicted octanol–water partition coefficient (Wildman–Crippen LogP) is 5.77. The van der Waals surface area contributed by atoms with Crippen LogP contribution in [0.1, 0.15) is 82.1 Å². The minimum atomic E-state index is -0.610. The summed E-state index contributed by atoms with van der Waals surface area (Å²) in [7, 11) is 0. The van der Waals surface area contributed by atoms with Gasteiger partial charge in [-0.05, 0) is 42.9 Å². The Kier molecular flexibility index (Phi) is 6.81. The highest BCUT2D eigenvalue weighted by Gasteiger charge is 2.61. The first-order chi connectivity index (χ1) is 10.6. The molecule has 0 heterocycles. The van der Waals surface area contributed by atoms with Crippen molar-refractivity contribution in [3.05, 3.63) is 0 Å². The third-order valence-electron chi connectivity index (χ3n) is 5.87. The zero-order valence-corrected chi connectivity index (χ0v) is 19.0. The lowest BCUT2D eigenvalue weighted by molar-refractivity contribution is -0.0887. The van der Waals surface area contributed by atoms with Gasteiger partial charge >= 0.3 is 0 Å². The second kappa shape index (κ2) is 7.25. The van der Waals surface area contributed by atoms with E-state index in [0.717, 1.165) is 12.8 Å². The van der Waals surface area contributed by atoms with Crippen LogP contribution in [0.2, 0.25) is 0 Å². The standard InChI is InChI=1S/C20H40Cl2N2/c1-13(2)23-15-11-19(17(5,6)7,18(8,9)10)12-20(22,16(15)21)24-14(3)4/h13-16,23-24H,11-12H2,1-10H3. The molecule has 0 aromatic heterocycles. The minimum absolute atomic E-state index is 0.0710. The van der Waals surface area contributed by atoms with Crippen molar-refractivity contribution in [2.75, 3.05) is 0 Å². The fourth-order valence-corrected chi connectivity index (χ4v) is 5.76. The number of rotatable bonds is 4. The molecular weight excluding hydrogens is 339 g/mol. The van der Waals surface area contributed by atoms with E-state index in [-0.39, 0.29) is 27.7 Å². The van der Waals surface area contributed by atoms with Crippen LogP contribution in [0.25, 0.3) is 0 Å². The SMILES string of the molecule is CC(C)NC1CC(C(C)(C)C)(C(C)(C)C)CC(Cl)(NC(C)C)C1Cl. The van der Waals surface area contributed by atoms with E-state index >= 15 is 0 Å². The molecule has 3 unspecified atom stereocenters. The maximum atomic E-state index is 7.21. The van der Waals surface area contributed by atoms with Gasteiger partial charge in [0.05, 0.1) is 5.38 Å². The number of hydrogen-bond acceptors (Lipinski definition) is 2. The van der Waals surface area contributed by atoms with Crippen LogP contribution in [0.5, 0.6) is 0 Å². The molecule has 2 N–H and O–H groups in total. The Morgan fingerprint density at radius 3 is 1.71 bits per heavy atom. The molecule has 1 rings (SSSR count). The number of alkyl halides is 2. The van der Waals surface area contributed by atoms with Crippen molar-refractivity contribution < 1.29 is 0 Å². The lowest BCUT2D eigenvalue weighted by Gasteiger charge is -2.62. The molecule has 24 heavy (non-hydrogen) atoms. The molecule has 3 atom stereocenters. The number of halogens is 2. The normalized spacial score (nSPS) is 31.8. The van der Waals surface area contributed by atoms with E-state index in [9.17, 15) is 0 Å². The summed E-state index contributed by atoms with van der Waals surface area (Å²) in [5.41, 5.74) is 0.317. The largest absolute Gasteiger partial charge is 0.310 e. The van der Waals surface area contributed by atoms with Crippen LogP contribution >= 0.6 is 23.2 Å². The van der Waals surface area contributed by atoms with Crippen molar-refractivity contribution in [3.8, 4) is 0 Å². The maximum Gasteiger partial charge on any atom is 0.112 e. The van der Waals surface area contributed by atoms with E-state index in [1.54, 1.807) is 0 Å². The van der Waals surface area contributed by atoms with E-state index in [1.807, 2.05) is 0 Å². The minimum Gasteiger partial charge on any atom is -0.310 e. The summed E-state index contributed by atoms with van der Waals surface area (Å²) in [6, 6.07) is 0.855. The van der Waals surface area contributed by atoms with Crippen LogP contribution in [0.4, 0.5) is 0 Å². The second-order valence-electron chi connectivity index (χ2n) is 10.5. The summed E-state index contributed by atoms with van der Waals surface area (Å²) in [6.45, 7) is 22.8. The molecule has 0 aliphatic heterocycles. The number of nitrogens with one attached hydrogen (secondary N) is 2. The van der Waals surface area contributed by atoms with Gasteiger partial charge in [0, 0.05) is 18.1 Å². The van der Waals surface area contributed by atoms with Crippen LogP contribution in [0.3, 0.4) is 0 Å². The Labute approximate surface area is 160 Å². The van der Waals surface area contributed by atoms with Gasteiger partial charge in [0.15, 0.2) is 0 Å². The summed E-state index contributed by atoms with van der Waals surface area (Å²) in [4.78, 5) is -0.610. The van der Waals surface area contributed by atoms with Gasteiger partial charge < -0.3 is 5.32 Å². The summed E-state index contributed by atoms with van der Waals surface area (Å²) >= 11 is 14.2. The fraction of sp³-hybridized carbons (Fsp3) is 1.00. The lowest BCUT2D eigenvalue weighted by atomic mass is 9.47. The summed E-state index contributed by atoms with van der Waals surface area (Å²) < 4.78 is 0. The molecule has 0 bridgehead atoms. The summed E-state index contributed by atoms with van der Waals surface area (Å²) in [5.74, 6) is 0. The molecule has 0 spiro atoms. The van der Waals surface area contributed by atoms with Gasteiger partial charge in [0.2, 0.25) is 0 Å². The molecule has 144 valence electrons. The molecule has 0 saturated heterocycles. The van der Waals surface area contributed by atoms with Gasteiger partial charge in [0.1, 0.15) is 5.00 Å². The Morgan fingerprint density at radius 2 is 1.38 bits per heavy atom. The van der Waals surface area contributed by atoms with Crippen molar-refractivity contribution in [1.82, 2.24) is 10.6 Å². The van der Waals surface area contributed by atoms with Gasteiger partial charge in [-0.25, -0.2) is 0 Å². The lowest BCUT2D eigenvalue weighted by Crippen LogP contribution is -2.68. The monoisotopic (exact) mass is 378 g/mol. The topological polar surface area (TPSA) is 24.1 Å². The first-order valence-corrected chi connectivity index (χ1v) is 10.2. The van der Waals surface area contributed by atoms with Crippen LogP contribution in [-0.2, 0) is 0 Å². The highest BCUT2D eigenvalue weighted by atomic mass is 35.5. The van der Waals surface area contributed by atoms with E-state index in [4.69, 9.17) is 23.2 Å². The third-order valence-corrected chi connectivity index (χ3v) is 7.13. The smallest absolute Gasteiger partial charge is 0.112 e. The zero-order valence-electron chi connectivity index (χ0n) is 17.5. The summed E-state index contributed by atoms with van der Waals surface area (Å²) in [6.07, 6.45) is 1.91. The van der Waals surface area contributed by atoms with Crippen molar-refractivity contribution in [2.24, 2.45) is 16.2 Å². The summed E-state index contributed by atoms with van der Waals surface area (Å²) in [5, 5.41) is 7.15. The number of hydrogen-bond donors (Lipinski definition) is 2. The molecule has 1 aliphatic rings. The van der Waals surface area contributed by atoms with Crippen LogP contribution in [-0.4, -0.2) is 28.5 Å². The van der Waals surface area contributed by atoms with Gasteiger partial charge in [-0.1, -0.05) is 55.4 Å². The second-order valence-corrected chi connectivity index (χ2v) is 11.6. The molecule has 0 amide bonds. The van der Waals surface area contributed by atoms with Crippen LogP contribution in [0, 0.1) is 16.2 Å². The quantitative estimate of drug-likeness (QED) is 0.479. The highest BCUT2D eigenvalue weighted by Crippen LogP contribution is 2.62. The van der Waals surface area contributed by atoms with Gasteiger partial charge in [0.25, 0.3) is 0 Å². The van der Waals surface area contributed by atoms with Crippen LogP contribution < -0.4 is 10.6 Å². The first kappa shape index (κ1) is 22.5. The molecule has 1 aliphatic carbocycles. The first-order valence-electron chi connectivity index (χ1n) is 9.42. The third kappa shape index (κ3) is 4.42. The predicted molar refractivity (Wildman–Crippen MR) is 109 cm³/mol. The van der Waals surface area contributed by atoms with Crippen molar-refractivity contribution in [1.29, 1.82) is 0 Å². The molecule has 4 heteroatoms. The molecule has 1 fully saturated rings. The van der Waals surface area contributed by atoms with Gasteiger partial charge in [-0.2, -0.15) is 0 Å². The molecule has 0 aromatic carbocycles. The Balaban J connectivity index is 3.45. The van der Waals surface area contributed by atoms with E-state index in [0.29, 0.717) is 12.1 Å². The van der Waals surface area contributed by atoms with E-state index in [2.05, 4.69) is 79.9 Å². The van der Waals surface area contributed by atoms with Crippen molar-refractivity contribution in [3.63, 3.8) is 0 Å². The Bertz CT molecular complexity index is 406. The van der Waals surface area contributed by atoms with E-state index < -0.39 is 5.00 Å². The molecule has 1 saturated carbocycles. The fourth-order valence-electron chi connectivity index (χ4n) is 4.86. The zero-order chi connectivity index (χ0) is 19.1. The van der Waals surface area contributed by atoms with Gasteiger partial charge in [-0.3, -0.25) is 5.32 Å². The highest BCUT2D eigenvalue weighted by molar-refractivity contribution is 6.32. The Hall–Kier alpha value is 0.500. The molecule has 2 nitrogen and oxygen atoms in total. The molecule has 0 aromatic rings. The van der Waals surface area contributed by atoms with E-state index in [1.165, 1.54) is 0 Å². The Morgan fingerprint density at radius 1 is 0.917 bits per heavy atom. The maximum absolute atomic E-state index is 7.21. The molecule has 0 radical (unpaired) electrons.